The predicted octanol–water partition coefficient (Wildman–Crippen LogP) is 7.58. The Labute approximate surface area is 248 Å². The van der Waals surface area contributed by atoms with Crippen molar-refractivity contribution in [1.82, 2.24) is 25.1 Å². The second-order valence-electron chi connectivity index (χ2n) is 11.0. The third-order valence-electron chi connectivity index (χ3n) is 7.97. The molecular weight excluding hydrogens is 516 g/mol. The molecule has 0 amide bonds. The number of aromatic nitrogens is 4. The van der Waals surface area contributed by atoms with Gasteiger partial charge in [-0.25, -0.2) is 4.98 Å². The Kier molecular flexibility index (Phi) is 8.15. The Morgan fingerprint density at radius 3 is 2.19 bits per heavy atom. The summed E-state index contributed by atoms with van der Waals surface area (Å²) in [6, 6.07) is 33.7. The Morgan fingerprint density at radius 1 is 0.810 bits per heavy atom. The van der Waals surface area contributed by atoms with Gasteiger partial charge >= 0.3 is 0 Å². The minimum absolute atomic E-state index is 0.470. The SMILES string of the molecule is C=C(C)N(c1ccccc1C)C1CCN(Cc2ccc(-c3nc(-c4ccccn4)nnc3-c3ccccc3)cc2)CC1. The van der Waals surface area contributed by atoms with E-state index in [0.717, 1.165) is 60.7 Å². The molecule has 0 radical (unpaired) electrons. The fourth-order valence-electron chi connectivity index (χ4n) is 5.83. The highest BCUT2D eigenvalue weighted by molar-refractivity contribution is 5.78. The fourth-order valence-corrected chi connectivity index (χ4v) is 5.83. The molecule has 6 rings (SSSR count). The third kappa shape index (κ3) is 5.99. The Morgan fingerprint density at radius 2 is 1.50 bits per heavy atom. The van der Waals surface area contributed by atoms with Gasteiger partial charge in [0.25, 0.3) is 0 Å². The average molecular weight is 553 g/mol. The van der Waals surface area contributed by atoms with Crippen LogP contribution in [0.2, 0.25) is 0 Å². The quantitative estimate of drug-likeness (QED) is 0.198. The molecule has 0 spiro atoms. The first kappa shape index (κ1) is 27.5. The lowest BCUT2D eigenvalue weighted by molar-refractivity contribution is 0.204. The van der Waals surface area contributed by atoms with E-state index in [1.54, 1.807) is 6.20 Å². The van der Waals surface area contributed by atoms with Crippen molar-refractivity contribution in [3.63, 3.8) is 0 Å². The highest BCUT2D eigenvalue weighted by atomic mass is 15.2. The number of nitrogens with zero attached hydrogens (tertiary/aromatic N) is 6. The normalized spacial score (nSPS) is 14.0. The summed E-state index contributed by atoms with van der Waals surface area (Å²) >= 11 is 0. The zero-order chi connectivity index (χ0) is 28.9. The van der Waals surface area contributed by atoms with Crippen LogP contribution in [0.5, 0.6) is 0 Å². The van der Waals surface area contributed by atoms with Crippen molar-refractivity contribution < 1.29 is 0 Å². The number of rotatable bonds is 8. The van der Waals surface area contributed by atoms with Crippen molar-refractivity contribution in [1.29, 1.82) is 0 Å². The summed E-state index contributed by atoms with van der Waals surface area (Å²) in [5, 5.41) is 9.03. The molecule has 1 aliphatic rings. The summed E-state index contributed by atoms with van der Waals surface area (Å²) in [5.74, 6) is 0.520. The van der Waals surface area contributed by atoms with Crippen LogP contribution in [0.1, 0.15) is 30.9 Å². The maximum absolute atomic E-state index is 4.95. The number of likely N-dealkylation sites (tertiary alicyclic amines) is 1. The third-order valence-corrected chi connectivity index (χ3v) is 7.97. The smallest absolute Gasteiger partial charge is 0.201 e. The first-order valence-corrected chi connectivity index (χ1v) is 14.6. The van der Waals surface area contributed by atoms with E-state index in [1.165, 1.54) is 16.8 Å². The molecule has 0 aliphatic carbocycles. The number of anilines is 1. The summed E-state index contributed by atoms with van der Waals surface area (Å²) < 4.78 is 0. The second-order valence-corrected chi connectivity index (χ2v) is 11.0. The number of benzene rings is 3. The average Bonchev–Trinajstić information content (AvgIpc) is 3.04. The van der Waals surface area contributed by atoms with E-state index in [0.29, 0.717) is 17.6 Å². The summed E-state index contributed by atoms with van der Waals surface area (Å²) in [5.41, 5.74) is 9.25. The molecule has 210 valence electrons. The van der Waals surface area contributed by atoms with Crippen molar-refractivity contribution >= 4 is 5.69 Å². The van der Waals surface area contributed by atoms with E-state index in [-0.39, 0.29) is 0 Å². The number of piperidine rings is 1. The summed E-state index contributed by atoms with van der Waals surface area (Å²) in [4.78, 5) is 14.4. The predicted molar refractivity (Wildman–Crippen MR) is 171 cm³/mol. The summed E-state index contributed by atoms with van der Waals surface area (Å²) in [7, 11) is 0. The van der Waals surface area contributed by atoms with E-state index in [9.17, 15) is 0 Å². The molecule has 2 aromatic heterocycles. The highest BCUT2D eigenvalue weighted by Gasteiger charge is 2.26. The second kappa shape index (κ2) is 12.5. The maximum atomic E-state index is 4.95. The topological polar surface area (TPSA) is 58.0 Å². The standard InChI is InChI=1S/C36H36N6/c1-26(2)42(33-15-8-7-11-27(33)3)31-20-23-41(24-21-31)25-28-16-18-30(19-17-28)34-35(29-12-5-4-6-13-29)39-40-36(38-34)32-14-9-10-22-37-32/h4-19,22,31H,1,20-21,23-25H2,2-3H3. The van der Waals surface area contributed by atoms with Crippen LogP contribution >= 0.6 is 0 Å². The first-order valence-electron chi connectivity index (χ1n) is 14.6. The molecule has 3 aromatic carbocycles. The van der Waals surface area contributed by atoms with Gasteiger partial charge in [0.1, 0.15) is 17.1 Å². The van der Waals surface area contributed by atoms with Crippen molar-refractivity contribution in [2.45, 2.75) is 39.3 Å². The van der Waals surface area contributed by atoms with Crippen LogP contribution in [0.3, 0.4) is 0 Å². The number of aryl methyl sites for hydroxylation is 1. The minimum Gasteiger partial charge on any atom is -0.343 e. The van der Waals surface area contributed by atoms with E-state index in [4.69, 9.17) is 4.98 Å². The van der Waals surface area contributed by atoms with Gasteiger partial charge in [0.15, 0.2) is 0 Å². The zero-order valence-electron chi connectivity index (χ0n) is 24.3. The van der Waals surface area contributed by atoms with Crippen molar-refractivity contribution in [2.24, 2.45) is 0 Å². The molecule has 0 unspecified atom stereocenters. The zero-order valence-corrected chi connectivity index (χ0v) is 24.3. The van der Waals surface area contributed by atoms with E-state index >= 15 is 0 Å². The van der Waals surface area contributed by atoms with Gasteiger partial charge in [-0.05, 0) is 56.0 Å². The van der Waals surface area contributed by atoms with Crippen LogP contribution in [-0.4, -0.2) is 44.2 Å². The maximum Gasteiger partial charge on any atom is 0.201 e. The van der Waals surface area contributed by atoms with E-state index < -0.39 is 0 Å². The van der Waals surface area contributed by atoms with Gasteiger partial charge in [0.2, 0.25) is 5.82 Å². The fraction of sp³-hybridized carbons (Fsp3) is 0.222. The largest absolute Gasteiger partial charge is 0.343 e. The Bertz CT molecular complexity index is 1640. The van der Waals surface area contributed by atoms with Gasteiger partial charge in [0, 0.05) is 54.4 Å². The molecule has 42 heavy (non-hydrogen) atoms. The Hall–Kier alpha value is -4.68. The van der Waals surface area contributed by atoms with Crippen LogP contribution in [0.15, 0.2) is 116 Å². The van der Waals surface area contributed by atoms with Crippen LogP contribution in [0.4, 0.5) is 5.69 Å². The molecule has 0 saturated carbocycles. The summed E-state index contributed by atoms with van der Waals surface area (Å²) in [6.45, 7) is 11.7. The van der Waals surface area contributed by atoms with Gasteiger partial charge in [-0.3, -0.25) is 9.88 Å². The summed E-state index contributed by atoms with van der Waals surface area (Å²) in [6.07, 6.45) is 3.98. The van der Waals surface area contributed by atoms with Gasteiger partial charge in [0.05, 0.1) is 0 Å². The monoisotopic (exact) mass is 552 g/mol. The minimum atomic E-state index is 0.470. The molecule has 1 saturated heterocycles. The molecule has 1 fully saturated rings. The number of hydrogen-bond donors (Lipinski definition) is 0. The Balaban J connectivity index is 1.18. The molecular formula is C36H36N6. The van der Waals surface area contributed by atoms with Crippen molar-refractivity contribution in [2.75, 3.05) is 18.0 Å². The molecule has 5 aromatic rings. The number of pyridine rings is 1. The lowest BCUT2D eigenvalue weighted by Crippen LogP contribution is -2.44. The van der Waals surface area contributed by atoms with Gasteiger partial charge in [-0.2, -0.15) is 0 Å². The molecule has 3 heterocycles. The molecule has 6 heteroatoms. The lowest BCUT2D eigenvalue weighted by Gasteiger charge is -2.40. The van der Waals surface area contributed by atoms with Crippen LogP contribution in [0, 0.1) is 6.92 Å². The van der Waals surface area contributed by atoms with Gasteiger partial charge in [-0.1, -0.05) is 85.4 Å². The van der Waals surface area contributed by atoms with Crippen LogP contribution < -0.4 is 4.90 Å². The van der Waals surface area contributed by atoms with Gasteiger partial charge < -0.3 is 4.90 Å². The van der Waals surface area contributed by atoms with E-state index in [1.807, 2.05) is 48.5 Å². The van der Waals surface area contributed by atoms with Crippen molar-refractivity contribution in [3.05, 3.63) is 127 Å². The highest BCUT2D eigenvalue weighted by Crippen LogP contribution is 2.32. The van der Waals surface area contributed by atoms with Crippen LogP contribution in [-0.2, 0) is 6.54 Å². The molecule has 0 atom stereocenters. The molecule has 6 nitrogen and oxygen atoms in total. The lowest BCUT2D eigenvalue weighted by atomic mass is 9.99. The molecule has 0 N–H and O–H groups in total. The molecule has 0 bridgehead atoms. The number of hydrogen-bond acceptors (Lipinski definition) is 6. The number of para-hydroxylation sites is 1. The van der Waals surface area contributed by atoms with Gasteiger partial charge in [-0.15, -0.1) is 10.2 Å². The van der Waals surface area contributed by atoms with E-state index in [2.05, 4.69) is 93.9 Å². The van der Waals surface area contributed by atoms with Crippen molar-refractivity contribution in [3.8, 4) is 34.0 Å². The molecule has 1 aliphatic heterocycles. The van der Waals surface area contributed by atoms with Crippen LogP contribution in [0.25, 0.3) is 34.0 Å². The first-order chi connectivity index (χ1) is 20.6. The number of allylic oxidation sites excluding steroid dienone is 1.